The monoisotopic (exact) mass is 364 g/mol. The summed E-state index contributed by atoms with van der Waals surface area (Å²) in [4.78, 5) is 28.5. The second-order valence-corrected chi connectivity index (χ2v) is 7.76. The first-order valence-corrected chi connectivity index (χ1v) is 9.59. The van der Waals surface area contributed by atoms with E-state index in [4.69, 9.17) is 0 Å². The Morgan fingerprint density at radius 1 is 1.19 bits per heavy atom. The van der Waals surface area contributed by atoms with Crippen LogP contribution in [0.5, 0.6) is 0 Å². The van der Waals surface area contributed by atoms with E-state index in [0.717, 1.165) is 34.6 Å². The molecule has 2 aromatic carbocycles. The first kappa shape index (κ1) is 16.9. The lowest BCUT2D eigenvalue weighted by molar-refractivity contribution is -0.118. The number of rotatable bonds is 4. The zero-order chi connectivity index (χ0) is 18.1. The van der Waals surface area contributed by atoms with E-state index < -0.39 is 0 Å². The molecule has 1 heterocycles. The molecule has 0 atom stereocenters. The Morgan fingerprint density at radius 2 is 1.92 bits per heavy atom. The molecule has 1 aliphatic carbocycles. The van der Waals surface area contributed by atoms with E-state index in [1.165, 1.54) is 17.8 Å². The molecule has 0 saturated heterocycles. The molecule has 132 valence electrons. The summed E-state index contributed by atoms with van der Waals surface area (Å²) in [5.74, 6) is -0.304. The van der Waals surface area contributed by atoms with Crippen molar-refractivity contribution in [3.63, 3.8) is 0 Å². The third kappa shape index (κ3) is 3.53. The Hall–Kier alpha value is -2.53. The topological polar surface area (TPSA) is 49.4 Å². The SMILES string of the molecule is Cc1ccccc1CN1C(=O)C(=CC(=O)NC2CC2)Sc2ccccc21. The minimum Gasteiger partial charge on any atom is -0.350 e. The van der Waals surface area contributed by atoms with Gasteiger partial charge in [0.2, 0.25) is 5.91 Å². The van der Waals surface area contributed by atoms with E-state index in [2.05, 4.69) is 5.32 Å². The van der Waals surface area contributed by atoms with Crippen LogP contribution in [0.15, 0.2) is 64.4 Å². The Labute approximate surface area is 157 Å². The van der Waals surface area contributed by atoms with Gasteiger partial charge >= 0.3 is 0 Å². The molecule has 4 nitrogen and oxygen atoms in total. The van der Waals surface area contributed by atoms with Gasteiger partial charge in [-0.05, 0) is 43.0 Å². The van der Waals surface area contributed by atoms with Gasteiger partial charge in [-0.25, -0.2) is 0 Å². The van der Waals surface area contributed by atoms with Crippen molar-refractivity contribution in [2.24, 2.45) is 0 Å². The minimum absolute atomic E-state index is 0.122. The van der Waals surface area contributed by atoms with E-state index in [-0.39, 0.29) is 17.9 Å². The van der Waals surface area contributed by atoms with Crippen LogP contribution < -0.4 is 10.2 Å². The lowest BCUT2D eigenvalue weighted by Crippen LogP contribution is -2.35. The minimum atomic E-state index is -0.182. The molecule has 5 heteroatoms. The molecule has 0 unspecified atom stereocenters. The standard InChI is InChI=1S/C21H20N2O2S/c1-14-6-2-3-7-15(14)13-23-17-8-4-5-9-18(17)26-19(21(23)25)12-20(24)22-16-10-11-16/h2-9,12,16H,10-11,13H2,1H3,(H,22,24). The number of nitrogens with zero attached hydrogens (tertiary/aromatic N) is 1. The van der Waals surface area contributed by atoms with Crippen LogP contribution in [0.1, 0.15) is 24.0 Å². The molecule has 4 rings (SSSR count). The average molecular weight is 364 g/mol. The summed E-state index contributed by atoms with van der Waals surface area (Å²) >= 11 is 1.37. The van der Waals surface area contributed by atoms with Gasteiger partial charge in [0.15, 0.2) is 0 Å². The van der Waals surface area contributed by atoms with Crippen molar-refractivity contribution < 1.29 is 9.59 Å². The van der Waals surface area contributed by atoms with Gasteiger partial charge in [0.1, 0.15) is 0 Å². The highest BCUT2D eigenvalue weighted by Gasteiger charge is 2.30. The molecule has 2 amide bonds. The van der Waals surface area contributed by atoms with Gasteiger partial charge in [-0.15, -0.1) is 0 Å². The van der Waals surface area contributed by atoms with Gasteiger partial charge in [0, 0.05) is 17.0 Å². The van der Waals surface area contributed by atoms with Crippen LogP contribution in [-0.2, 0) is 16.1 Å². The summed E-state index contributed by atoms with van der Waals surface area (Å²) in [6.45, 7) is 2.54. The predicted molar refractivity (Wildman–Crippen MR) is 104 cm³/mol. The van der Waals surface area contributed by atoms with E-state index in [1.807, 2.05) is 55.5 Å². The second kappa shape index (κ2) is 7.00. The summed E-state index contributed by atoms with van der Waals surface area (Å²) in [5.41, 5.74) is 3.14. The number of nitrogens with one attached hydrogen (secondary N) is 1. The number of amides is 2. The highest BCUT2D eigenvalue weighted by Crippen LogP contribution is 2.42. The van der Waals surface area contributed by atoms with Crippen LogP contribution in [0.25, 0.3) is 0 Å². The predicted octanol–water partition coefficient (Wildman–Crippen LogP) is 3.80. The number of aryl methyl sites for hydroxylation is 1. The fourth-order valence-corrected chi connectivity index (χ4v) is 4.00. The number of hydrogen-bond acceptors (Lipinski definition) is 3. The maximum Gasteiger partial charge on any atom is 0.265 e. The van der Waals surface area contributed by atoms with Crippen LogP contribution in [0, 0.1) is 6.92 Å². The number of fused-ring (bicyclic) bond motifs is 1. The van der Waals surface area contributed by atoms with Crippen LogP contribution in [0.3, 0.4) is 0 Å². The summed E-state index contributed by atoms with van der Waals surface area (Å²) in [5, 5.41) is 2.92. The van der Waals surface area contributed by atoms with Crippen molar-refractivity contribution in [3.05, 3.63) is 70.6 Å². The summed E-state index contributed by atoms with van der Waals surface area (Å²) in [6.07, 6.45) is 3.50. The molecular weight excluding hydrogens is 344 g/mol. The molecule has 0 bridgehead atoms. The lowest BCUT2D eigenvalue weighted by atomic mass is 10.1. The van der Waals surface area contributed by atoms with Gasteiger partial charge < -0.3 is 10.2 Å². The number of carbonyl (C=O) groups excluding carboxylic acids is 2. The van der Waals surface area contributed by atoms with Crippen molar-refractivity contribution in [3.8, 4) is 0 Å². The van der Waals surface area contributed by atoms with Crippen molar-refractivity contribution >= 4 is 29.3 Å². The highest BCUT2D eigenvalue weighted by atomic mass is 32.2. The highest BCUT2D eigenvalue weighted by molar-refractivity contribution is 8.04. The van der Waals surface area contributed by atoms with E-state index in [9.17, 15) is 9.59 Å². The molecule has 0 aromatic heterocycles. The number of thioether (sulfide) groups is 1. The van der Waals surface area contributed by atoms with Crippen molar-refractivity contribution in [1.82, 2.24) is 5.32 Å². The molecule has 1 N–H and O–H groups in total. The fourth-order valence-electron chi connectivity index (χ4n) is 2.97. The Morgan fingerprint density at radius 3 is 2.69 bits per heavy atom. The molecule has 1 fully saturated rings. The van der Waals surface area contributed by atoms with Crippen LogP contribution in [0.4, 0.5) is 5.69 Å². The van der Waals surface area contributed by atoms with Gasteiger partial charge in [-0.1, -0.05) is 48.2 Å². The summed E-state index contributed by atoms with van der Waals surface area (Å²) in [7, 11) is 0. The van der Waals surface area contributed by atoms with Gasteiger partial charge in [-0.2, -0.15) is 0 Å². The van der Waals surface area contributed by atoms with Crippen LogP contribution in [-0.4, -0.2) is 17.9 Å². The zero-order valence-electron chi connectivity index (χ0n) is 14.6. The van der Waals surface area contributed by atoms with Crippen molar-refractivity contribution in [2.75, 3.05) is 4.90 Å². The third-order valence-electron chi connectivity index (χ3n) is 4.61. The van der Waals surface area contributed by atoms with Crippen molar-refractivity contribution in [1.29, 1.82) is 0 Å². The molecular formula is C21H20N2O2S. The van der Waals surface area contributed by atoms with Crippen LogP contribution >= 0.6 is 11.8 Å². The quantitative estimate of drug-likeness (QED) is 0.840. The van der Waals surface area contributed by atoms with E-state index in [1.54, 1.807) is 4.90 Å². The lowest BCUT2D eigenvalue weighted by Gasteiger charge is -2.30. The molecule has 0 spiro atoms. The molecule has 1 saturated carbocycles. The number of anilines is 1. The molecule has 1 aliphatic heterocycles. The van der Waals surface area contributed by atoms with E-state index in [0.29, 0.717) is 11.4 Å². The second-order valence-electron chi connectivity index (χ2n) is 6.68. The number of carbonyl (C=O) groups is 2. The summed E-state index contributed by atoms with van der Waals surface area (Å²) < 4.78 is 0. The first-order chi connectivity index (χ1) is 12.6. The summed E-state index contributed by atoms with van der Waals surface area (Å²) in [6, 6.07) is 16.2. The van der Waals surface area contributed by atoms with Gasteiger partial charge in [-0.3, -0.25) is 9.59 Å². The molecule has 26 heavy (non-hydrogen) atoms. The van der Waals surface area contributed by atoms with Gasteiger partial charge in [0.05, 0.1) is 17.1 Å². The number of para-hydroxylation sites is 1. The van der Waals surface area contributed by atoms with Crippen molar-refractivity contribution in [2.45, 2.75) is 37.2 Å². The van der Waals surface area contributed by atoms with Gasteiger partial charge in [0.25, 0.3) is 5.91 Å². The molecule has 0 radical (unpaired) electrons. The Bertz CT molecular complexity index is 902. The largest absolute Gasteiger partial charge is 0.350 e. The number of hydrogen-bond donors (Lipinski definition) is 1. The zero-order valence-corrected chi connectivity index (χ0v) is 15.4. The third-order valence-corrected chi connectivity index (χ3v) is 5.69. The van der Waals surface area contributed by atoms with E-state index >= 15 is 0 Å². The maximum atomic E-state index is 13.1. The Balaban J connectivity index is 1.66. The number of benzene rings is 2. The first-order valence-electron chi connectivity index (χ1n) is 8.77. The Kier molecular flexibility index (Phi) is 4.55. The smallest absolute Gasteiger partial charge is 0.265 e. The molecule has 2 aromatic rings. The van der Waals surface area contributed by atoms with Crippen LogP contribution in [0.2, 0.25) is 0 Å². The molecule has 2 aliphatic rings. The average Bonchev–Trinajstić information content (AvgIpc) is 3.44. The fraction of sp³-hybridized carbons (Fsp3) is 0.238. The maximum absolute atomic E-state index is 13.1. The normalized spacial score (nSPS) is 18.0.